The SMILES string of the molecule is Cc1occc1C(=O)N1CC2(CCN(c3nccs3)C2)C1. The maximum absolute atomic E-state index is 12.4. The number of nitrogens with zero attached hydrogens (tertiary/aromatic N) is 3. The molecule has 2 aromatic heterocycles. The van der Waals surface area contributed by atoms with Gasteiger partial charge >= 0.3 is 0 Å². The highest BCUT2D eigenvalue weighted by atomic mass is 32.1. The van der Waals surface area contributed by atoms with E-state index in [1.165, 1.54) is 0 Å². The third kappa shape index (κ3) is 2.05. The molecule has 0 atom stereocenters. The average molecular weight is 303 g/mol. The molecule has 6 heteroatoms. The summed E-state index contributed by atoms with van der Waals surface area (Å²) in [4.78, 5) is 21.1. The van der Waals surface area contributed by atoms with Crippen LogP contribution in [0.1, 0.15) is 22.5 Å². The molecule has 2 aliphatic heterocycles. The van der Waals surface area contributed by atoms with E-state index < -0.39 is 0 Å². The van der Waals surface area contributed by atoms with Gasteiger partial charge in [-0.05, 0) is 19.4 Å². The molecule has 1 amide bonds. The van der Waals surface area contributed by atoms with Crippen LogP contribution in [0.25, 0.3) is 0 Å². The number of thiazole rings is 1. The average Bonchev–Trinajstić information content (AvgIpc) is 3.15. The molecule has 4 rings (SSSR count). The van der Waals surface area contributed by atoms with Crippen LogP contribution in [0.4, 0.5) is 5.13 Å². The van der Waals surface area contributed by atoms with E-state index in [9.17, 15) is 4.79 Å². The van der Waals surface area contributed by atoms with Crippen molar-refractivity contribution in [1.29, 1.82) is 0 Å². The van der Waals surface area contributed by atoms with Gasteiger partial charge in [0.1, 0.15) is 5.76 Å². The molecular formula is C15H17N3O2S. The molecule has 0 radical (unpaired) electrons. The third-order valence-corrected chi connectivity index (χ3v) is 5.39. The number of amides is 1. The molecule has 5 nitrogen and oxygen atoms in total. The third-order valence-electron chi connectivity index (χ3n) is 4.56. The van der Waals surface area contributed by atoms with Gasteiger partial charge < -0.3 is 14.2 Å². The van der Waals surface area contributed by atoms with E-state index in [0.717, 1.165) is 37.7 Å². The first-order valence-electron chi connectivity index (χ1n) is 7.15. The van der Waals surface area contributed by atoms with E-state index >= 15 is 0 Å². The molecule has 2 aliphatic rings. The summed E-state index contributed by atoms with van der Waals surface area (Å²) in [6.45, 7) is 5.58. The van der Waals surface area contributed by atoms with Gasteiger partial charge in [0.15, 0.2) is 5.13 Å². The van der Waals surface area contributed by atoms with Crippen LogP contribution in [0, 0.1) is 12.3 Å². The molecule has 0 aliphatic carbocycles. The van der Waals surface area contributed by atoms with E-state index in [0.29, 0.717) is 11.3 Å². The van der Waals surface area contributed by atoms with Crippen LogP contribution in [-0.2, 0) is 0 Å². The van der Waals surface area contributed by atoms with Crippen LogP contribution >= 0.6 is 11.3 Å². The van der Waals surface area contributed by atoms with E-state index in [4.69, 9.17) is 4.42 Å². The largest absolute Gasteiger partial charge is 0.469 e. The van der Waals surface area contributed by atoms with Crippen LogP contribution in [0.5, 0.6) is 0 Å². The van der Waals surface area contributed by atoms with Gasteiger partial charge in [-0.15, -0.1) is 11.3 Å². The molecule has 2 fully saturated rings. The molecule has 0 N–H and O–H groups in total. The summed E-state index contributed by atoms with van der Waals surface area (Å²) in [6, 6.07) is 1.76. The van der Waals surface area contributed by atoms with Crippen molar-refractivity contribution in [1.82, 2.24) is 9.88 Å². The Labute approximate surface area is 127 Å². The monoisotopic (exact) mass is 303 g/mol. The first kappa shape index (κ1) is 12.9. The number of hydrogen-bond acceptors (Lipinski definition) is 5. The van der Waals surface area contributed by atoms with Crippen LogP contribution < -0.4 is 4.90 Å². The summed E-state index contributed by atoms with van der Waals surface area (Å²) in [5.41, 5.74) is 0.957. The number of carbonyl (C=O) groups is 1. The van der Waals surface area contributed by atoms with Crippen LogP contribution in [0.3, 0.4) is 0 Å². The van der Waals surface area contributed by atoms with Gasteiger partial charge in [0.2, 0.25) is 0 Å². The van der Waals surface area contributed by atoms with E-state index in [2.05, 4.69) is 9.88 Å². The van der Waals surface area contributed by atoms with Crippen molar-refractivity contribution in [2.24, 2.45) is 5.41 Å². The van der Waals surface area contributed by atoms with Crippen molar-refractivity contribution in [2.75, 3.05) is 31.1 Å². The van der Waals surface area contributed by atoms with Crippen molar-refractivity contribution in [3.63, 3.8) is 0 Å². The standard InChI is InChI=1S/C15H17N3O2S/c1-11-12(2-6-20-11)13(19)18-9-15(10-18)3-5-17(8-15)14-16-4-7-21-14/h2,4,6-7H,3,5,8-10H2,1H3. The quantitative estimate of drug-likeness (QED) is 0.855. The molecule has 4 heterocycles. The Balaban J connectivity index is 1.41. The number of likely N-dealkylation sites (tertiary alicyclic amines) is 1. The minimum Gasteiger partial charge on any atom is -0.469 e. The fourth-order valence-corrected chi connectivity index (χ4v) is 4.08. The number of rotatable bonds is 2. The molecule has 0 unspecified atom stereocenters. The second-order valence-electron chi connectivity index (χ2n) is 6.04. The molecule has 110 valence electrons. The Hall–Kier alpha value is -1.82. The summed E-state index contributed by atoms with van der Waals surface area (Å²) in [6.07, 6.45) is 4.57. The second kappa shape index (κ2) is 4.59. The summed E-state index contributed by atoms with van der Waals surface area (Å²) in [7, 11) is 0. The first-order valence-corrected chi connectivity index (χ1v) is 8.03. The molecule has 0 aromatic carbocycles. The van der Waals surface area contributed by atoms with E-state index in [1.807, 2.05) is 23.4 Å². The normalized spacial score (nSPS) is 20.0. The number of carbonyl (C=O) groups excluding carboxylic acids is 1. The second-order valence-corrected chi connectivity index (χ2v) is 6.91. The minimum absolute atomic E-state index is 0.0968. The smallest absolute Gasteiger partial charge is 0.257 e. The van der Waals surface area contributed by atoms with Crippen molar-refractivity contribution >= 4 is 22.4 Å². The number of hydrogen-bond donors (Lipinski definition) is 0. The van der Waals surface area contributed by atoms with Crippen molar-refractivity contribution in [3.05, 3.63) is 35.2 Å². The lowest BCUT2D eigenvalue weighted by atomic mass is 9.79. The lowest BCUT2D eigenvalue weighted by molar-refractivity contribution is 0.0166. The number of furan rings is 1. The fourth-order valence-electron chi connectivity index (χ4n) is 3.41. The summed E-state index contributed by atoms with van der Waals surface area (Å²) in [5, 5.41) is 3.11. The number of anilines is 1. The minimum atomic E-state index is 0.0968. The summed E-state index contributed by atoms with van der Waals surface area (Å²) in [5.74, 6) is 0.802. The molecular weight excluding hydrogens is 286 g/mol. The topological polar surface area (TPSA) is 49.6 Å². The van der Waals surface area contributed by atoms with Crippen molar-refractivity contribution < 1.29 is 9.21 Å². The molecule has 0 bridgehead atoms. The van der Waals surface area contributed by atoms with E-state index in [1.54, 1.807) is 23.7 Å². The molecule has 0 saturated carbocycles. The highest BCUT2D eigenvalue weighted by molar-refractivity contribution is 7.13. The van der Waals surface area contributed by atoms with Gasteiger partial charge in [-0.25, -0.2) is 4.98 Å². The van der Waals surface area contributed by atoms with Crippen LogP contribution in [0.2, 0.25) is 0 Å². The molecule has 2 saturated heterocycles. The maximum atomic E-state index is 12.4. The van der Waals surface area contributed by atoms with Gasteiger partial charge in [-0.2, -0.15) is 0 Å². The lowest BCUT2D eigenvalue weighted by Gasteiger charge is -2.47. The predicted molar refractivity (Wildman–Crippen MR) is 80.7 cm³/mol. The summed E-state index contributed by atoms with van der Waals surface area (Å²) < 4.78 is 5.22. The van der Waals surface area contributed by atoms with Crippen LogP contribution in [-0.4, -0.2) is 42.0 Å². The fraction of sp³-hybridized carbons (Fsp3) is 0.467. The van der Waals surface area contributed by atoms with Gasteiger partial charge in [-0.3, -0.25) is 4.79 Å². The Morgan fingerprint density at radius 2 is 2.29 bits per heavy atom. The zero-order chi connectivity index (χ0) is 14.4. The molecule has 1 spiro atoms. The molecule has 2 aromatic rings. The van der Waals surface area contributed by atoms with Gasteiger partial charge in [-0.1, -0.05) is 0 Å². The van der Waals surface area contributed by atoms with Crippen molar-refractivity contribution in [3.8, 4) is 0 Å². The predicted octanol–water partition coefficient (Wildman–Crippen LogP) is 2.40. The number of aryl methyl sites for hydroxylation is 1. The van der Waals surface area contributed by atoms with Gasteiger partial charge in [0, 0.05) is 43.2 Å². The Morgan fingerprint density at radius 3 is 2.95 bits per heavy atom. The van der Waals surface area contributed by atoms with Crippen LogP contribution in [0.15, 0.2) is 28.3 Å². The van der Waals surface area contributed by atoms with Gasteiger partial charge in [0.05, 0.1) is 11.8 Å². The first-order chi connectivity index (χ1) is 10.2. The Morgan fingerprint density at radius 1 is 1.43 bits per heavy atom. The maximum Gasteiger partial charge on any atom is 0.257 e. The highest BCUT2D eigenvalue weighted by Gasteiger charge is 2.50. The van der Waals surface area contributed by atoms with Crippen molar-refractivity contribution in [2.45, 2.75) is 13.3 Å². The molecule has 21 heavy (non-hydrogen) atoms. The van der Waals surface area contributed by atoms with E-state index in [-0.39, 0.29) is 11.3 Å². The number of aromatic nitrogens is 1. The highest BCUT2D eigenvalue weighted by Crippen LogP contribution is 2.42. The summed E-state index contributed by atoms with van der Waals surface area (Å²) >= 11 is 1.68. The zero-order valence-corrected chi connectivity index (χ0v) is 12.7. The van der Waals surface area contributed by atoms with Gasteiger partial charge in [0.25, 0.3) is 5.91 Å². The zero-order valence-electron chi connectivity index (χ0n) is 11.9. The Bertz CT molecular complexity index is 658. The Kier molecular flexibility index (Phi) is 2.82. The lowest BCUT2D eigenvalue weighted by Crippen LogP contribution is -2.59.